The van der Waals surface area contributed by atoms with Crippen LogP contribution >= 0.6 is 0 Å². The summed E-state index contributed by atoms with van der Waals surface area (Å²) in [4.78, 5) is 0. The molecular formula is C17H25N3O. The molecule has 1 aromatic heterocycles. The maximum absolute atomic E-state index is 5.66. The monoisotopic (exact) mass is 287 g/mol. The third kappa shape index (κ3) is 5.23. The number of unbranched alkanes of at least 4 members (excludes halogenated alkanes) is 1. The normalized spacial score (nSPS) is 10.8. The van der Waals surface area contributed by atoms with Crippen molar-refractivity contribution in [1.82, 2.24) is 15.1 Å². The van der Waals surface area contributed by atoms with E-state index in [2.05, 4.69) is 35.5 Å². The number of hydrogen-bond acceptors (Lipinski definition) is 3. The van der Waals surface area contributed by atoms with Gasteiger partial charge in [0.2, 0.25) is 0 Å². The van der Waals surface area contributed by atoms with Crippen LogP contribution in [0.4, 0.5) is 0 Å². The van der Waals surface area contributed by atoms with E-state index in [1.165, 1.54) is 17.7 Å². The predicted molar refractivity (Wildman–Crippen MR) is 85.5 cm³/mol. The van der Waals surface area contributed by atoms with Crippen LogP contribution in [-0.2, 0) is 20.0 Å². The molecule has 0 saturated carbocycles. The Morgan fingerprint density at radius 1 is 1.19 bits per heavy atom. The zero-order valence-electron chi connectivity index (χ0n) is 13.0. The lowest BCUT2D eigenvalue weighted by Crippen LogP contribution is -2.17. The van der Waals surface area contributed by atoms with Gasteiger partial charge in [0.1, 0.15) is 5.75 Å². The van der Waals surface area contributed by atoms with Gasteiger partial charge in [-0.2, -0.15) is 5.10 Å². The fourth-order valence-electron chi connectivity index (χ4n) is 2.13. The highest BCUT2D eigenvalue weighted by Crippen LogP contribution is 2.12. The molecule has 2 rings (SSSR count). The number of aromatic nitrogens is 2. The van der Waals surface area contributed by atoms with E-state index in [1.54, 1.807) is 0 Å². The van der Waals surface area contributed by atoms with Gasteiger partial charge < -0.3 is 10.1 Å². The summed E-state index contributed by atoms with van der Waals surface area (Å²) in [6, 6.07) is 10.4. The van der Waals surface area contributed by atoms with Gasteiger partial charge in [0.25, 0.3) is 0 Å². The molecule has 114 valence electrons. The number of rotatable bonds is 9. The summed E-state index contributed by atoms with van der Waals surface area (Å²) in [5.41, 5.74) is 2.53. The average Bonchev–Trinajstić information content (AvgIpc) is 2.91. The van der Waals surface area contributed by atoms with E-state index < -0.39 is 0 Å². The summed E-state index contributed by atoms with van der Waals surface area (Å²) in [6.07, 6.45) is 5.11. The van der Waals surface area contributed by atoms with E-state index in [9.17, 15) is 0 Å². The van der Waals surface area contributed by atoms with E-state index in [0.29, 0.717) is 0 Å². The largest absolute Gasteiger partial charge is 0.494 e. The maximum Gasteiger partial charge on any atom is 0.119 e. The van der Waals surface area contributed by atoms with Crippen LogP contribution in [0.3, 0.4) is 0 Å². The van der Waals surface area contributed by atoms with E-state index in [-0.39, 0.29) is 0 Å². The van der Waals surface area contributed by atoms with E-state index in [4.69, 9.17) is 4.74 Å². The third-order valence-corrected chi connectivity index (χ3v) is 3.50. The second-order valence-corrected chi connectivity index (χ2v) is 5.22. The van der Waals surface area contributed by atoms with Crippen LogP contribution in [0.15, 0.2) is 36.5 Å². The lowest BCUT2D eigenvalue weighted by Gasteiger charge is -2.08. The number of nitrogens with zero attached hydrogens (tertiary/aromatic N) is 2. The zero-order chi connectivity index (χ0) is 14.9. The van der Waals surface area contributed by atoms with Gasteiger partial charge in [-0.25, -0.2) is 0 Å². The summed E-state index contributed by atoms with van der Waals surface area (Å²) in [5, 5.41) is 7.63. The van der Waals surface area contributed by atoms with Crippen molar-refractivity contribution in [3.05, 3.63) is 47.8 Å². The van der Waals surface area contributed by atoms with Crippen molar-refractivity contribution in [3.63, 3.8) is 0 Å². The van der Waals surface area contributed by atoms with Crippen molar-refractivity contribution >= 4 is 0 Å². The van der Waals surface area contributed by atoms with Crippen LogP contribution in [0.2, 0.25) is 0 Å². The highest BCUT2D eigenvalue weighted by molar-refractivity contribution is 5.27. The Labute approximate surface area is 127 Å². The minimum atomic E-state index is 0.804. The van der Waals surface area contributed by atoms with E-state index in [1.807, 2.05) is 30.1 Å². The van der Waals surface area contributed by atoms with Crippen molar-refractivity contribution in [2.45, 2.75) is 32.7 Å². The average molecular weight is 287 g/mol. The Morgan fingerprint density at radius 2 is 2.00 bits per heavy atom. The summed E-state index contributed by atoms with van der Waals surface area (Å²) in [5.74, 6) is 0.960. The highest BCUT2D eigenvalue weighted by atomic mass is 16.5. The highest BCUT2D eigenvalue weighted by Gasteiger charge is 1.99. The molecule has 4 heteroatoms. The molecule has 0 fully saturated rings. The molecule has 2 aromatic rings. The number of aryl methyl sites for hydroxylation is 1. The Balaban J connectivity index is 1.67. The first-order valence-electron chi connectivity index (χ1n) is 7.69. The topological polar surface area (TPSA) is 39.1 Å². The van der Waals surface area contributed by atoms with E-state index in [0.717, 1.165) is 38.3 Å². The number of hydrogen-bond donors (Lipinski definition) is 1. The lowest BCUT2D eigenvalue weighted by atomic mass is 10.2. The van der Waals surface area contributed by atoms with Crippen molar-refractivity contribution < 1.29 is 4.74 Å². The predicted octanol–water partition coefficient (Wildman–Crippen LogP) is 2.93. The van der Waals surface area contributed by atoms with Crippen molar-refractivity contribution in [1.29, 1.82) is 0 Å². The van der Waals surface area contributed by atoms with Crippen LogP contribution < -0.4 is 10.1 Å². The summed E-state index contributed by atoms with van der Waals surface area (Å²) in [6.45, 7) is 4.81. The van der Waals surface area contributed by atoms with Crippen LogP contribution in [0.25, 0.3) is 0 Å². The second-order valence-electron chi connectivity index (χ2n) is 5.22. The van der Waals surface area contributed by atoms with Crippen LogP contribution in [-0.4, -0.2) is 22.9 Å². The third-order valence-electron chi connectivity index (χ3n) is 3.50. The first-order chi connectivity index (χ1) is 10.3. The van der Waals surface area contributed by atoms with Gasteiger partial charge in [0.15, 0.2) is 0 Å². The molecule has 0 radical (unpaired) electrons. The smallest absolute Gasteiger partial charge is 0.119 e. The van der Waals surface area contributed by atoms with Gasteiger partial charge in [-0.15, -0.1) is 0 Å². The summed E-state index contributed by atoms with van der Waals surface area (Å²) < 4.78 is 7.58. The van der Waals surface area contributed by atoms with Crippen LogP contribution in [0.1, 0.15) is 31.0 Å². The fraction of sp³-hybridized carbons (Fsp3) is 0.471. The molecule has 0 atom stereocenters. The Kier molecular flexibility index (Phi) is 6.28. The molecule has 1 heterocycles. The Morgan fingerprint density at radius 3 is 2.67 bits per heavy atom. The molecule has 0 bridgehead atoms. The van der Waals surface area contributed by atoms with Gasteiger partial charge in [-0.1, -0.05) is 25.5 Å². The standard InChI is InChI=1S/C17H25N3O/c1-3-4-13-21-17-7-5-15(6-8-17)14-18-11-9-16-10-12-19-20(16)2/h5-8,10,12,18H,3-4,9,11,13-14H2,1-2H3. The molecule has 0 aliphatic heterocycles. The minimum Gasteiger partial charge on any atom is -0.494 e. The Hall–Kier alpha value is -1.81. The first kappa shape index (κ1) is 15.6. The van der Waals surface area contributed by atoms with Crippen molar-refractivity contribution in [3.8, 4) is 5.75 Å². The molecule has 0 spiro atoms. The molecular weight excluding hydrogens is 262 g/mol. The molecule has 1 aromatic carbocycles. The number of ether oxygens (including phenoxy) is 1. The molecule has 1 N–H and O–H groups in total. The fourth-order valence-corrected chi connectivity index (χ4v) is 2.13. The lowest BCUT2D eigenvalue weighted by molar-refractivity contribution is 0.309. The van der Waals surface area contributed by atoms with Crippen molar-refractivity contribution in [2.24, 2.45) is 7.05 Å². The first-order valence-corrected chi connectivity index (χ1v) is 7.69. The molecule has 0 unspecified atom stereocenters. The van der Waals surface area contributed by atoms with Gasteiger partial charge in [-0.3, -0.25) is 4.68 Å². The molecule has 0 saturated heterocycles. The molecule has 0 amide bonds. The van der Waals surface area contributed by atoms with Gasteiger partial charge in [0, 0.05) is 38.4 Å². The number of benzene rings is 1. The van der Waals surface area contributed by atoms with Gasteiger partial charge in [0.05, 0.1) is 6.61 Å². The molecule has 21 heavy (non-hydrogen) atoms. The van der Waals surface area contributed by atoms with Crippen molar-refractivity contribution in [2.75, 3.05) is 13.2 Å². The van der Waals surface area contributed by atoms with Crippen LogP contribution in [0.5, 0.6) is 5.75 Å². The summed E-state index contributed by atoms with van der Waals surface area (Å²) in [7, 11) is 1.98. The zero-order valence-corrected chi connectivity index (χ0v) is 13.0. The minimum absolute atomic E-state index is 0.804. The Bertz CT molecular complexity index is 519. The molecule has 4 nitrogen and oxygen atoms in total. The summed E-state index contributed by atoms with van der Waals surface area (Å²) >= 11 is 0. The second kappa shape index (κ2) is 8.47. The SMILES string of the molecule is CCCCOc1ccc(CNCCc2ccnn2C)cc1. The molecule has 0 aliphatic carbocycles. The van der Waals surface area contributed by atoms with E-state index >= 15 is 0 Å². The van der Waals surface area contributed by atoms with Gasteiger partial charge >= 0.3 is 0 Å². The number of nitrogens with one attached hydrogen (secondary N) is 1. The van der Waals surface area contributed by atoms with Crippen LogP contribution in [0, 0.1) is 0 Å². The quantitative estimate of drug-likeness (QED) is 0.721. The maximum atomic E-state index is 5.66. The molecule has 0 aliphatic rings. The van der Waals surface area contributed by atoms with Gasteiger partial charge in [-0.05, 0) is 30.2 Å².